The molecule has 0 radical (unpaired) electrons. The minimum absolute atomic E-state index is 0.00692. The van der Waals surface area contributed by atoms with E-state index in [1.54, 1.807) is 0 Å². The number of hydrogen-bond acceptors (Lipinski definition) is 1. The van der Waals surface area contributed by atoms with Crippen LogP contribution in [0.15, 0.2) is 16.6 Å². The lowest BCUT2D eigenvalue weighted by atomic mass is 10.2. The van der Waals surface area contributed by atoms with Crippen LogP contribution < -0.4 is 4.43 Å². The minimum atomic E-state index is -2.06. The summed E-state index contributed by atoms with van der Waals surface area (Å²) in [5.41, 5.74) is 0. The van der Waals surface area contributed by atoms with Crippen LogP contribution in [-0.2, 0) is 0 Å². The molecule has 0 aliphatic rings. The molecule has 0 fully saturated rings. The van der Waals surface area contributed by atoms with Crippen LogP contribution in [0.4, 0.5) is 8.78 Å². The lowest BCUT2D eigenvalue weighted by molar-refractivity contribution is 0.478. The first-order valence-corrected chi connectivity index (χ1v) is 9.08. The Labute approximate surface area is 110 Å². The average Bonchev–Trinajstić information content (AvgIpc) is 2.11. The van der Waals surface area contributed by atoms with Gasteiger partial charge in [0.1, 0.15) is 17.4 Å². The van der Waals surface area contributed by atoms with Gasteiger partial charge in [0.05, 0.1) is 4.47 Å². The predicted octanol–water partition coefficient (Wildman–Crippen LogP) is 5.11. The highest BCUT2D eigenvalue weighted by molar-refractivity contribution is 9.10. The molecule has 0 bridgehead atoms. The molecule has 5 heteroatoms. The van der Waals surface area contributed by atoms with Crippen molar-refractivity contribution in [2.75, 3.05) is 0 Å². The zero-order chi connectivity index (χ0) is 13.4. The van der Waals surface area contributed by atoms with Gasteiger partial charge < -0.3 is 4.43 Å². The van der Waals surface area contributed by atoms with Gasteiger partial charge in [0.25, 0.3) is 0 Å². The van der Waals surface area contributed by atoms with Gasteiger partial charge in [-0.15, -0.1) is 0 Å². The molecule has 1 aromatic rings. The molecule has 0 aliphatic heterocycles. The van der Waals surface area contributed by atoms with E-state index in [9.17, 15) is 8.78 Å². The van der Waals surface area contributed by atoms with Gasteiger partial charge in [0, 0.05) is 12.1 Å². The Balaban J connectivity index is 3.05. The van der Waals surface area contributed by atoms with E-state index in [-0.39, 0.29) is 15.3 Å². The van der Waals surface area contributed by atoms with Crippen molar-refractivity contribution in [3.05, 3.63) is 28.2 Å². The summed E-state index contributed by atoms with van der Waals surface area (Å²) in [6.45, 7) is 10.3. The number of halogens is 3. The maximum absolute atomic E-state index is 13.4. The first-order chi connectivity index (χ1) is 7.54. The van der Waals surface area contributed by atoms with E-state index in [0.717, 1.165) is 0 Å². The van der Waals surface area contributed by atoms with Crippen molar-refractivity contribution in [1.29, 1.82) is 0 Å². The van der Waals surface area contributed by atoms with Gasteiger partial charge in [-0.25, -0.2) is 8.78 Å². The summed E-state index contributed by atoms with van der Waals surface area (Å²) in [5.74, 6) is -1.02. The van der Waals surface area contributed by atoms with Crippen LogP contribution in [0.5, 0.6) is 5.75 Å². The highest BCUT2D eigenvalue weighted by Crippen LogP contribution is 2.38. The summed E-state index contributed by atoms with van der Waals surface area (Å²) in [4.78, 5) is 0. The molecule has 0 saturated carbocycles. The van der Waals surface area contributed by atoms with Gasteiger partial charge in [-0.05, 0) is 34.1 Å². The largest absolute Gasteiger partial charge is 0.543 e. The summed E-state index contributed by atoms with van der Waals surface area (Å²) in [5, 5.41) is -0.00692. The third-order valence-corrected chi connectivity index (χ3v) is 8.25. The Bertz CT molecular complexity index is 404. The van der Waals surface area contributed by atoms with E-state index >= 15 is 0 Å². The summed E-state index contributed by atoms with van der Waals surface area (Å²) in [7, 11) is -2.06. The van der Waals surface area contributed by atoms with Gasteiger partial charge in [-0.2, -0.15) is 0 Å². The number of rotatable bonds is 2. The molecule has 17 heavy (non-hydrogen) atoms. The standard InChI is InChI=1S/C12H17BrF2OSi/c1-12(2,3)17(4,5)16-8-6-9(14)11(13)10(15)7-8/h6-7H,1-5H3. The fraction of sp³-hybridized carbons (Fsp3) is 0.500. The third-order valence-electron chi connectivity index (χ3n) is 3.14. The molecule has 1 aromatic carbocycles. The normalized spacial score (nSPS) is 12.7. The van der Waals surface area contributed by atoms with Crippen LogP contribution in [0.25, 0.3) is 0 Å². The molecule has 0 unspecified atom stereocenters. The van der Waals surface area contributed by atoms with Crippen LogP contribution >= 0.6 is 15.9 Å². The van der Waals surface area contributed by atoms with E-state index < -0.39 is 20.0 Å². The van der Waals surface area contributed by atoms with E-state index in [1.165, 1.54) is 12.1 Å². The average molecular weight is 323 g/mol. The van der Waals surface area contributed by atoms with Crippen molar-refractivity contribution >= 4 is 24.2 Å². The first kappa shape index (κ1) is 14.6. The number of benzene rings is 1. The maximum Gasteiger partial charge on any atom is 0.250 e. The zero-order valence-electron chi connectivity index (χ0n) is 10.7. The van der Waals surface area contributed by atoms with Crippen molar-refractivity contribution in [3.8, 4) is 5.75 Å². The Morgan fingerprint density at radius 3 is 1.88 bits per heavy atom. The van der Waals surface area contributed by atoms with Crippen LogP contribution in [0, 0.1) is 11.6 Å². The van der Waals surface area contributed by atoms with Crippen molar-refractivity contribution in [1.82, 2.24) is 0 Å². The summed E-state index contributed by atoms with van der Waals surface area (Å²) >= 11 is 2.84. The smallest absolute Gasteiger partial charge is 0.250 e. The molecular formula is C12H17BrF2OSi. The summed E-state index contributed by atoms with van der Waals surface area (Å²) in [6.07, 6.45) is 0. The first-order valence-electron chi connectivity index (χ1n) is 5.38. The van der Waals surface area contributed by atoms with E-state index in [2.05, 4.69) is 36.7 Å². The lowest BCUT2D eigenvalue weighted by Gasteiger charge is -2.36. The van der Waals surface area contributed by atoms with Gasteiger partial charge in [-0.3, -0.25) is 0 Å². The molecule has 0 N–H and O–H groups in total. The highest BCUT2D eigenvalue weighted by atomic mass is 79.9. The fourth-order valence-electron chi connectivity index (χ4n) is 1.04. The van der Waals surface area contributed by atoms with E-state index in [4.69, 9.17) is 4.43 Å². The van der Waals surface area contributed by atoms with Gasteiger partial charge in [0.15, 0.2) is 0 Å². The highest BCUT2D eigenvalue weighted by Gasteiger charge is 2.39. The molecule has 0 atom stereocenters. The second-order valence-electron chi connectivity index (χ2n) is 5.56. The second kappa shape index (κ2) is 4.69. The van der Waals surface area contributed by atoms with Gasteiger partial charge in [-0.1, -0.05) is 20.8 Å². The van der Waals surface area contributed by atoms with Crippen molar-refractivity contribution in [2.45, 2.75) is 38.9 Å². The van der Waals surface area contributed by atoms with Crippen molar-refractivity contribution in [2.24, 2.45) is 0 Å². The molecule has 0 heterocycles. The quantitative estimate of drug-likeness (QED) is 0.543. The molecular weight excluding hydrogens is 306 g/mol. The van der Waals surface area contributed by atoms with Crippen molar-refractivity contribution in [3.63, 3.8) is 0 Å². The molecule has 0 aromatic heterocycles. The minimum Gasteiger partial charge on any atom is -0.543 e. The third kappa shape index (κ3) is 3.28. The van der Waals surface area contributed by atoms with Crippen LogP contribution in [0.1, 0.15) is 20.8 Å². The Hall–Kier alpha value is -0.423. The monoisotopic (exact) mass is 322 g/mol. The fourth-order valence-corrected chi connectivity index (χ4v) is 2.28. The van der Waals surface area contributed by atoms with Crippen LogP contribution in [0.3, 0.4) is 0 Å². The topological polar surface area (TPSA) is 9.23 Å². The molecule has 0 amide bonds. The Kier molecular flexibility index (Phi) is 4.03. The Morgan fingerprint density at radius 2 is 1.53 bits per heavy atom. The molecule has 96 valence electrons. The zero-order valence-corrected chi connectivity index (χ0v) is 13.3. The van der Waals surface area contributed by atoms with Gasteiger partial charge in [0.2, 0.25) is 8.32 Å². The van der Waals surface area contributed by atoms with E-state index in [0.29, 0.717) is 0 Å². The number of hydrogen-bond donors (Lipinski definition) is 0. The Morgan fingerprint density at radius 1 is 1.12 bits per heavy atom. The van der Waals surface area contributed by atoms with Crippen LogP contribution in [-0.4, -0.2) is 8.32 Å². The van der Waals surface area contributed by atoms with E-state index in [1.807, 2.05) is 13.1 Å². The van der Waals surface area contributed by atoms with Gasteiger partial charge >= 0.3 is 0 Å². The summed E-state index contributed by atoms with van der Waals surface area (Å²) in [6, 6.07) is 2.43. The SMILES string of the molecule is CC(C)(C)[Si](C)(C)Oc1cc(F)c(Br)c(F)c1. The molecule has 1 rings (SSSR count). The molecule has 0 saturated heterocycles. The maximum atomic E-state index is 13.4. The summed E-state index contributed by atoms with van der Waals surface area (Å²) < 4.78 is 32.4. The second-order valence-corrected chi connectivity index (χ2v) is 11.1. The van der Waals surface area contributed by atoms with Crippen LogP contribution in [0.2, 0.25) is 18.1 Å². The molecule has 1 nitrogen and oxygen atoms in total. The molecule has 0 spiro atoms. The lowest BCUT2D eigenvalue weighted by Crippen LogP contribution is -2.43. The predicted molar refractivity (Wildman–Crippen MR) is 71.9 cm³/mol. The molecule has 0 aliphatic carbocycles. The van der Waals surface area contributed by atoms with Crippen molar-refractivity contribution < 1.29 is 13.2 Å².